The summed E-state index contributed by atoms with van der Waals surface area (Å²) in [7, 11) is 0. The van der Waals surface area contributed by atoms with E-state index in [4.69, 9.17) is 0 Å². The Labute approximate surface area is 126 Å². The van der Waals surface area contributed by atoms with E-state index in [0.29, 0.717) is 5.69 Å². The molecule has 6 heteroatoms. The zero-order chi connectivity index (χ0) is 14.8. The van der Waals surface area contributed by atoms with Gasteiger partial charge >= 0.3 is 0 Å². The molecular weight excluding hydrogens is 286 g/mol. The van der Waals surface area contributed by atoms with Gasteiger partial charge in [0.15, 0.2) is 0 Å². The third-order valence-corrected chi connectivity index (χ3v) is 4.64. The van der Waals surface area contributed by atoms with E-state index in [1.54, 1.807) is 12.1 Å². The molecule has 0 atom stereocenters. The second-order valence-corrected chi connectivity index (χ2v) is 6.49. The van der Waals surface area contributed by atoms with Crippen LogP contribution in [0.3, 0.4) is 0 Å². The van der Waals surface area contributed by atoms with Crippen LogP contribution in [0.5, 0.6) is 0 Å². The summed E-state index contributed by atoms with van der Waals surface area (Å²) in [6.45, 7) is 2.64. The molecule has 2 aromatic rings. The number of hydrogen-bond donors (Lipinski definition) is 1. The van der Waals surface area contributed by atoms with E-state index in [0.717, 1.165) is 34.6 Å². The van der Waals surface area contributed by atoms with Crippen LogP contribution in [0.4, 0.5) is 11.4 Å². The molecule has 1 aliphatic carbocycles. The van der Waals surface area contributed by atoms with Crippen molar-refractivity contribution in [1.82, 2.24) is 4.98 Å². The van der Waals surface area contributed by atoms with Crippen LogP contribution in [-0.2, 0) is 0 Å². The Kier molecular flexibility index (Phi) is 3.88. The Hall–Kier alpha value is -1.95. The molecule has 0 saturated heterocycles. The molecule has 0 aliphatic heterocycles. The molecule has 0 amide bonds. The lowest BCUT2D eigenvalue weighted by molar-refractivity contribution is -0.383. The van der Waals surface area contributed by atoms with Crippen LogP contribution in [0.1, 0.15) is 30.7 Å². The number of fused-ring (bicyclic) bond motifs is 1. The standard InChI is InChI=1S/C15H17N3O2S/c1-10-17-13-8-12(14(18(19)20)9-15(13)21-10)16-7-6-11-4-2-3-5-11/h4,8-9,16H,2-3,5-7H2,1H3. The molecule has 0 fully saturated rings. The molecule has 0 bridgehead atoms. The molecule has 1 heterocycles. The van der Waals surface area contributed by atoms with Gasteiger partial charge in [-0.05, 0) is 38.7 Å². The average Bonchev–Trinajstić information content (AvgIpc) is 3.05. The largest absolute Gasteiger partial charge is 0.379 e. The van der Waals surface area contributed by atoms with Crippen LogP contribution in [0.25, 0.3) is 10.2 Å². The first-order valence-electron chi connectivity index (χ1n) is 7.11. The SMILES string of the molecule is Cc1nc2cc(NCCC3=CCCC3)c([N+](=O)[O-])cc2s1. The van der Waals surface area contributed by atoms with Crippen LogP contribution in [-0.4, -0.2) is 16.5 Å². The highest BCUT2D eigenvalue weighted by atomic mass is 32.1. The lowest BCUT2D eigenvalue weighted by atomic mass is 10.1. The van der Waals surface area contributed by atoms with Crippen LogP contribution in [0.2, 0.25) is 0 Å². The molecule has 1 N–H and O–H groups in total. The van der Waals surface area contributed by atoms with Crippen molar-refractivity contribution in [2.24, 2.45) is 0 Å². The number of nitrogens with one attached hydrogen (secondary N) is 1. The van der Waals surface area contributed by atoms with Gasteiger partial charge in [0.25, 0.3) is 5.69 Å². The number of rotatable bonds is 5. The smallest absolute Gasteiger partial charge is 0.293 e. The number of nitrogens with zero attached hydrogens (tertiary/aromatic N) is 2. The predicted octanol–water partition coefficient (Wildman–Crippen LogP) is 4.43. The minimum absolute atomic E-state index is 0.131. The van der Waals surface area contributed by atoms with Crippen molar-refractivity contribution in [3.8, 4) is 0 Å². The van der Waals surface area contributed by atoms with Gasteiger partial charge in [-0.15, -0.1) is 11.3 Å². The highest BCUT2D eigenvalue weighted by molar-refractivity contribution is 7.18. The first kappa shape index (κ1) is 14.0. The van der Waals surface area contributed by atoms with Crippen LogP contribution < -0.4 is 5.32 Å². The van der Waals surface area contributed by atoms with E-state index in [1.807, 2.05) is 6.92 Å². The lowest BCUT2D eigenvalue weighted by Gasteiger charge is -2.07. The molecule has 1 aromatic heterocycles. The van der Waals surface area contributed by atoms with Gasteiger partial charge in [0.1, 0.15) is 5.69 Å². The van der Waals surface area contributed by atoms with Gasteiger partial charge in [0.05, 0.1) is 20.1 Å². The van der Waals surface area contributed by atoms with Gasteiger partial charge in [-0.2, -0.15) is 0 Å². The number of allylic oxidation sites excluding steroid dienone is 1. The van der Waals surface area contributed by atoms with Gasteiger partial charge in [0.2, 0.25) is 0 Å². The summed E-state index contributed by atoms with van der Waals surface area (Å²) in [5, 5.41) is 15.4. The number of aryl methyl sites for hydroxylation is 1. The normalized spacial score (nSPS) is 14.4. The van der Waals surface area contributed by atoms with E-state index in [2.05, 4.69) is 16.4 Å². The fourth-order valence-electron chi connectivity index (χ4n) is 2.69. The Morgan fingerprint density at radius 3 is 3.05 bits per heavy atom. The van der Waals surface area contributed by atoms with Gasteiger partial charge in [0, 0.05) is 12.6 Å². The van der Waals surface area contributed by atoms with Crippen molar-refractivity contribution < 1.29 is 4.92 Å². The third kappa shape index (κ3) is 3.05. The van der Waals surface area contributed by atoms with Gasteiger partial charge in [-0.25, -0.2) is 4.98 Å². The van der Waals surface area contributed by atoms with Gasteiger partial charge in [-0.3, -0.25) is 10.1 Å². The van der Waals surface area contributed by atoms with Crippen LogP contribution in [0.15, 0.2) is 23.8 Å². The second-order valence-electron chi connectivity index (χ2n) is 5.26. The Morgan fingerprint density at radius 2 is 2.33 bits per heavy atom. The first-order valence-corrected chi connectivity index (χ1v) is 7.92. The van der Waals surface area contributed by atoms with E-state index in [-0.39, 0.29) is 10.6 Å². The summed E-state index contributed by atoms with van der Waals surface area (Å²) in [6, 6.07) is 3.41. The maximum absolute atomic E-state index is 11.2. The van der Waals surface area contributed by atoms with Crippen molar-refractivity contribution in [3.05, 3.63) is 38.9 Å². The van der Waals surface area contributed by atoms with Gasteiger partial charge in [-0.1, -0.05) is 11.6 Å². The van der Waals surface area contributed by atoms with E-state index in [9.17, 15) is 10.1 Å². The number of aromatic nitrogens is 1. The fourth-order valence-corrected chi connectivity index (χ4v) is 3.54. The highest BCUT2D eigenvalue weighted by Crippen LogP contribution is 2.33. The zero-order valence-electron chi connectivity index (χ0n) is 11.9. The molecule has 5 nitrogen and oxygen atoms in total. The van der Waals surface area contributed by atoms with E-state index >= 15 is 0 Å². The average molecular weight is 303 g/mol. The molecule has 0 radical (unpaired) electrons. The molecule has 3 rings (SSSR count). The van der Waals surface area contributed by atoms with Crippen molar-refractivity contribution in [2.75, 3.05) is 11.9 Å². The Balaban J connectivity index is 1.81. The maximum Gasteiger partial charge on any atom is 0.293 e. The number of anilines is 1. The number of hydrogen-bond acceptors (Lipinski definition) is 5. The summed E-state index contributed by atoms with van der Waals surface area (Å²) < 4.78 is 0.864. The first-order chi connectivity index (χ1) is 10.1. The molecule has 0 saturated carbocycles. The summed E-state index contributed by atoms with van der Waals surface area (Å²) >= 11 is 1.48. The summed E-state index contributed by atoms with van der Waals surface area (Å²) in [4.78, 5) is 15.3. The monoisotopic (exact) mass is 303 g/mol. The zero-order valence-corrected chi connectivity index (χ0v) is 12.7. The number of thiazole rings is 1. The Morgan fingerprint density at radius 1 is 1.48 bits per heavy atom. The van der Waals surface area contributed by atoms with Crippen LogP contribution >= 0.6 is 11.3 Å². The van der Waals surface area contributed by atoms with E-state index < -0.39 is 0 Å². The minimum Gasteiger partial charge on any atom is -0.379 e. The van der Waals surface area contributed by atoms with E-state index in [1.165, 1.54) is 29.8 Å². The number of nitro groups is 1. The van der Waals surface area contributed by atoms with Crippen molar-refractivity contribution in [2.45, 2.75) is 32.6 Å². The second kappa shape index (κ2) is 5.81. The highest BCUT2D eigenvalue weighted by Gasteiger charge is 2.17. The predicted molar refractivity (Wildman–Crippen MR) is 86.1 cm³/mol. The topological polar surface area (TPSA) is 68.1 Å². The lowest BCUT2D eigenvalue weighted by Crippen LogP contribution is -2.05. The van der Waals surface area contributed by atoms with Crippen molar-refractivity contribution >= 4 is 32.9 Å². The molecule has 0 spiro atoms. The molecule has 110 valence electrons. The number of nitro benzene ring substituents is 1. The Bertz CT molecular complexity index is 721. The summed E-state index contributed by atoms with van der Waals surface area (Å²) in [5.74, 6) is 0. The van der Waals surface area contributed by atoms with Crippen LogP contribution in [0, 0.1) is 17.0 Å². The fraction of sp³-hybridized carbons (Fsp3) is 0.400. The maximum atomic E-state index is 11.2. The molecule has 0 unspecified atom stereocenters. The van der Waals surface area contributed by atoms with Crippen molar-refractivity contribution in [3.63, 3.8) is 0 Å². The molecule has 1 aromatic carbocycles. The summed E-state index contributed by atoms with van der Waals surface area (Å²) in [6.07, 6.45) is 6.79. The third-order valence-electron chi connectivity index (χ3n) is 3.71. The quantitative estimate of drug-likeness (QED) is 0.504. The van der Waals surface area contributed by atoms with Crippen molar-refractivity contribution in [1.29, 1.82) is 0 Å². The number of benzene rings is 1. The molecule has 1 aliphatic rings. The minimum atomic E-state index is -0.328. The molecule has 21 heavy (non-hydrogen) atoms. The van der Waals surface area contributed by atoms with Gasteiger partial charge < -0.3 is 5.32 Å². The summed E-state index contributed by atoms with van der Waals surface area (Å²) in [5.41, 5.74) is 2.98. The molecular formula is C15H17N3O2S.